The van der Waals surface area contributed by atoms with Gasteiger partial charge in [-0.3, -0.25) is 9.52 Å². The zero-order valence-electron chi connectivity index (χ0n) is 16.6. The number of hydrogen-bond acceptors (Lipinski definition) is 5. The lowest BCUT2D eigenvalue weighted by atomic mass is 9.97. The molecule has 6 nitrogen and oxygen atoms in total. The van der Waals surface area contributed by atoms with Gasteiger partial charge in [-0.25, -0.2) is 13.4 Å². The molecule has 0 bridgehead atoms. The van der Waals surface area contributed by atoms with E-state index in [1.165, 1.54) is 11.3 Å². The highest BCUT2D eigenvalue weighted by molar-refractivity contribution is 7.92. The molecule has 1 aliphatic rings. The maximum Gasteiger partial charge on any atom is 0.284 e. The molecule has 1 atom stereocenters. The van der Waals surface area contributed by atoms with Crippen LogP contribution in [0, 0.1) is 6.92 Å². The summed E-state index contributed by atoms with van der Waals surface area (Å²) in [6, 6.07) is 18.6. The average molecular weight is 440 g/mol. The van der Waals surface area contributed by atoms with Gasteiger partial charge in [0.15, 0.2) is 0 Å². The molecule has 0 radical (unpaired) electrons. The van der Waals surface area contributed by atoms with E-state index in [1.807, 2.05) is 48.7 Å². The number of sulfonamides is 1. The Labute approximate surface area is 179 Å². The molecule has 0 unspecified atom stereocenters. The average Bonchev–Trinajstić information content (AvgIpc) is 3.37. The third-order valence-electron chi connectivity index (χ3n) is 4.81. The highest BCUT2D eigenvalue weighted by atomic mass is 32.2. The summed E-state index contributed by atoms with van der Waals surface area (Å²) in [6.45, 7) is 2.02. The van der Waals surface area contributed by atoms with Crippen LogP contribution in [0.25, 0.3) is 0 Å². The summed E-state index contributed by atoms with van der Waals surface area (Å²) in [5.41, 5.74) is 4.14. The Bertz CT molecular complexity index is 1200. The number of hydrogen-bond donors (Lipinski definition) is 1. The maximum atomic E-state index is 13.1. The summed E-state index contributed by atoms with van der Waals surface area (Å²) in [6.07, 6.45) is 1.66. The highest BCUT2D eigenvalue weighted by Gasteiger charge is 2.34. The van der Waals surface area contributed by atoms with Crippen molar-refractivity contribution in [1.82, 2.24) is 5.01 Å². The molecular weight excluding hydrogens is 418 g/mol. The van der Waals surface area contributed by atoms with Crippen LogP contribution in [0.4, 0.5) is 5.69 Å². The fourth-order valence-electron chi connectivity index (χ4n) is 3.41. The van der Waals surface area contributed by atoms with Gasteiger partial charge in [-0.1, -0.05) is 48.0 Å². The van der Waals surface area contributed by atoms with Crippen LogP contribution in [0.3, 0.4) is 0 Å². The highest BCUT2D eigenvalue weighted by Crippen LogP contribution is 2.35. The standard InChI is InChI=1S/C22H21N3O3S2/c1-15-8-10-16(11-9-15)20-14-19(23-25(20)22(26)21-7-4-12-29-21)17-5-3-6-18(13-17)24-30(2,27)28/h3-13,20,24H,14H2,1-2H3/t20-/m1/s1. The first-order valence-electron chi connectivity index (χ1n) is 9.39. The maximum absolute atomic E-state index is 13.1. The van der Waals surface area contributed by atoms with E-state index < -0.39 is 10.0 Å². The second-order valence-electron chi connectivity index (χ2n) is 7.26. The number of rotatable bonds is 5. The molecule has 4 rings (SSSR count). The van der Waals surface area contributed by atoms with Gasteiger partial charge in [0.1, 0.15) is 0 Å². The molecule has 1 amide bonds. The number of nitrogens with zero attached hydrogens (tertiary/aromatic N) is 2. The third kappa shape index (κ3) is 4.44. The molecule has 0 saturated heterocycles. The Morgan fingerprint density at radius 1 is 1.13 bits per heavy atom. The lowest BCUT2D eigenvalue weighted by molar-refractivity contribution is 0.0716. The van der Waals surface area contributed by atoms with Crippen molar-refractivity contribution in [3.05, 3.63) is 87.6 Å². The Balaban J connectivity index is 1.70. The SMILES string of the molecule is Cc1ccc([C@H]2CC(c3cccc(NS(C)(=O)=O)c3)=NN2C(=O)c2cccs2)cc1. The summed E-state index contributed by atoms with van der Waals surface area (Å²) in [5, 5.41) is 8.08. The zero-order valence-corrected chi connectivity index (χ0v) is 18.2. The number of carbonyl (C=O) groups excluding carboxylic acids is 1. The van der Waals surface area contributed by atoms with Crippen molar-refractivity contribution in [3.8, 4) is 0 Å². The normalized spacial score (nSPS) is 16.4. The monoisotopic (exact) mass is 439 g/mol. The van der Waals surface area contributed by atoms with E-state index in [-0.39, 0.29) is 11.9 Å². The first-order chi connectivity index (χ1) is 14.3. The van der Waals surface area contributed by atoms with Gasteiger partial charge >= 0.3 is 0 Å². The molecule has 0 spiro atoms. The minimum atomic E-state index is -3.38. The van der Waals surface area contributed by atoms with Crippen LogP contribution in [0.2, 0.25) is 0 Å². The molecule has 1 aromatic heterocycles. The second-order valence-corrected chi connectivity index (χ2v) is 9.96. The Kier molecular flexibility index (Phi) is 5.44. The first kappa shape index (κ1) is 20.3. The summed E-state index contributed by atoms with van der Waals surface area (Å²) in [5.74, 6) is -0.143. The Hall–Kier alpha value is -2.97. The molecule has 8 heteroatoms. The van der Waals surface area contributed by atoms with Gasteiger partial charge < -0.3 is 0 Å². The smallest absolute Gasteiger partial charge is 0.284 e. The summed E-state index contributed by atoms with van der Waals surface area (Å²) in [7, 11) is -3.38. The third-order valence-corrected chi connectivity index (χ3v) is 6.28. The van der Waals surface area contributed by atoms with Crippen molar-refractivity contribution in [2.45, 2.75) is 19.4 Å². The van der Waals surface area contributed by atoms with Gasteiger partial charge in [0, 0.05) is 12.1 Å². The first-order valence-corrected chi connectivity index (χ1v) is 12.2. The fraction of sp³-hybridized carbons (Fsp3) is 0.182. The van der Waals surface area contributed by atoms with Crippen molar-refractivity contribution < 1.29 is 13.2 Å². The van der Waals surface area contributed by atoms with Crippen LogP contribution < -0.4 is 4.72 Å². The van der Waals surface area contributed by atoms with E-state index in [4.69, 9.17) is 0 Å². The number of nitrogens with one attached hydrogen (secondary N) is 1. The van der Waals surface area contributed by atoms with E-state index in [2.05, 4.69) is 9.82 Å². The molecule has 30 heavy (non-hydrogen) atoms. The predicted molar refractivity (Wildman–Crippen MR) is 120 cm³/mol. The van der Waals surface area contributed by atoms with Crippen molar-refractivity contribution in [3.63, 3.8) is 0 Å². The van der Waals surface area contributed by atoms with Crippen LogP contribution in [0.15, 0.2) is 71.1 Å². The van der Waals surface area contributed by atoms with Crippen molar-refractivity contribution in [1.29, 1.82) is 0 Å². The quantitative estimate of drug-likeness (QED) is 0.639. The van der Waals surface area contributed by atoms with E-state index in [0.29, 0.717) is 17.0 Å². The number of anilines is 1. The van der Waals surface area contributed by atoms with E-state index in [1.54, 1.807) is 29.3 Å². The predicted octanol–water partition coefficient (Wildman–Crippen LogP) is 4.42. The van der Waals surface area contributed by atoms with Gasteiger partial charge in [0.2, 0.25) is 10.0 Å². The van der Waals surface area contributed by atoms with Crippen LogP contribution >= 0.6 is 11.3 Å². The van der Waals surface area contributed by atoms with E-state index >= 15 is 0 Å². The molecule has 2 heterocycles. The molecule has 0 aliphatic carbocycles. The van der Waals surface area contributed by atoms with Crippen LogP contribution in [0.1, 0.15) is 38.8 Å². The van der Waals surface area contributed by atoms with Crippen LogP contribution in [0.5, 0.6) is 0 Å². The van der Waals surface area contributed by atoms with Crippen LogP contribution in [-0.4, -0.2) is 31.3 Å². The van der Waals surface area contributed by atoms with E-state index in [0.717, 1.165) is 28.7 Å². The van der Waals surface area contributed by atoms with Gasteiger partial charge in [-0.05, 0) is 41.6 Å². The second kappa shape index (κ2) is 8.04. The van der Waals surface area contributed by atoms with Crippen LogP contribution in [-0.2, 0) is 10.0 Å². The minimum absolute atomic E-state index is 0.143. The topological polar surface area (TPSA) is 78.8 Å². The zero-order chi connectivity index (χ0) is 21.3. The van der Waals surface area contributed by atoms with Gasteiger partial charge in [-0.2, -0.15) is 5.10 Å². The number of benzene rings is 2. The van der Waals surface area contributed by atoms with Crippen molar-refractivity contribution in [2.24, 2.45) is 5.10 Å². The van der Waals surface area contributed by atoms with Crippen molar-refractivity contribution in [2.75, 3.05) is 11.0 Å². The minimum Gasteiger partial charge on any atom is -0.284 e. The molecule has 0 saturated carbocycles. The van der Waals surface area contributed by atoms with Crippen molar-refractivity contribution >= 4 is 38.7 Å². The number of aryl methyl sites for hydroxylation is 1. The Morgan fingerprint density at radius 3 is 2.57 bits per heavy atom. The van der Waals surface area contributed by atoms with Gasteiger partial charge in [0.25, 0.3) is 5.91 Å². The summed E-state index contributed by atoms with van der Waals surface area (Å²) < 4.78 is 25.6. The summed E-state index contributed by atoms with van der Waals surface area (Å²) in [4.78, 5) is 13.8. The molecule has 1 aliphatic heterocycles. The number of thiophene rings is 1. The molecule has 154 valence electrons. The lowest BCUT2D eigenvalue weighted by Gasteiger charge is -2.21. The number of carbonyl (C=O) groups is 1. The van der Waals surface area contributed by atoms with Gasteiger partial charge in [-0.15, -0.1) is 11.3 Å². The number of amides is 1. The molecule has 2 aromatic carbocycles. The molecule has 0 fully saturated rings. The Morgan fingerprint density at radius 2 is 1.90 bits per heavy atom. The molecular formula is C22H21N3O3S2. The van der Waals surface area contributed by atoms with Gasteiger partial charge in [0.05, 0.1) is 22.9 Å². The lowest BCUT2D eigenvalue weighted by Crippen LogP contribution is -2.26. The molecule has 3 aromatic rings. The molecule has 1 N–H and O–H groups in total. The summed E-state index contributed by atoms with van der Waals surface area (Å²) >= 11 is 1.39. The number of hydrazone groups is 1. The van der Waals surface area contributed by atoms with E-state index in [9.17, 15) is 13.2 Å². The largest absolute Gasteiger partial charge is 0.284 e. The fourth-order valence-corrected chi connectivity index (χ4v) is 4.62.